The molecule has 2 heterocycles. The lowest BCUT2D eigenvalue weighted by Gasteiger charge is -2.14. The smallest absolute Gasteiger partial charge is 0.240 e. The van der Waals surface area contributed by atoms with Gasteiger partial charge >= 0.3 is 0 Å². The number of rotatable bonds is 7. The minimum atomic E-state index is -0.209. The monoisotopic (exact) mass is 389 g/mol. The Kier molecular flexibility index (Phi) is 5.33. The fraction of sp³-hybridized carbons (Fsp3) is 0.217. The largest absolute Gasteiger partial charge is 0.486 e. The maximum Gasteiger partial charge on any atom is 0.240 e. The fourth-order valence-corrected chi connectivity index (χ4v) is 3.23. The summed E-state index contributed by atoms with van der Waals surface area (Å²) in [6.45, 7) is 4.35. The van der Waals surface area contributed by atoms with Crippen molar-refractivity contribution in [2.45, 2.75) is 33.0 Å². The minimum Gasteiger partial charge on any atom is -0.486 e. The summed E-state index contributed by atoms with van der Waals surface area (Å²) in [5.41, 5.74) is 2.91. The molecule has 0 saturated carbocycles. The number of imidazole rings is 1. The maximum atomic E-state index is 12.7. The van der Waals surface area contributed by atoms with E-state index in [4.69, 9.17) is 9.15 Å². The molecule has 6 nitrogen and oxygen atoms in total. The molecular weight excluding hydrogens is 366 g/mol. The first-order valence-electron chi connectivity index (χ1n) is 9.56. The van der Waals surface area contributed by atoms with E-state index in [0.717, 1.165) is 22.5 Å². The zero-order valence-corrected chi connectivity index (χ0v) is 16.5. The topological polar surface area (TPSA) is 69.3 Å². The molecule has 0 fully saturated rings. The normalized spacial score (nSPS) is 12.1. The van der Waals surface area contributed by atoms with Crippen molar-refractivity contribution in [2.75, 3.05) is 0 Å². The summed E-state index contributed by atoms with van der Waals surface area (Å²) in [5, 5.41) is 2.97. The van der Waals surface area contributed by atoms with Crippen LogP contribution >= 0.6 is 0 Å². The fourth-order valence-electron chi connectivity index (χ4n) is 3.23. The van der Waals surface area contributed by atoms with Crippen LogP contribution in [0.15, 0.2) is 71.3 Å². The van der Waals surface area contributed by atoms with Gasteiger partial charge in [-0.15, -0.1) is 0 Å². The molecule has 0 aliphatic heterocycles. The van der Waals surface area contributed by atoms with Gasteiger partial charge in [-0.25, -0.2) is 4.98 Å². The van der Waals surface area contributed by atoms with E-state index in [-0.39, 0.29) is 25.1 Å². The summed E-state index contributed by atoms with van der Waals surface area (Å²) < 4.78 is 13.2. The molecule has 148 valence electrons. The number of carbonyl (C=O) groups is 1. The third kappa shape index (κ3) is 4.32. The van der Waals surface area contributed by atoms with Crippen molar-refractivity contribution >= 4 is 16.9 Å². The Bertz CT molecular complexity index is 1100. The van der Waals surface area contributed by atoms with E-state index >= 15 is 0 Å². The molecule has 1 atom stereocenters. The number of hydrogen-bond donors (Lipinski definition) is 1. The first-order valence-corrected chi connectivity index (χ1v) is 9.56. The molecule has 2 aromatic heterocycles. The van der Waals surface area contributed by atoms with E-state index in [0.29, 0.717) is 5.82 Å². The van der Waals surface area contributed by atoms with Gasteiger partial charge in [0, 0.05) is 0 Å². The molecular formula is C23H23N3O3. The number of aryl methyl sites for hydroxylation is 1. The van der Waals surface area contributed by atoms with E-state index in [9.17, 15) is 4.79 Å². The maximum absolute atomic E-state index is 12.7. The van der Waals surface area contributed by atoms with Gasteiger partial charge in [0.05, 0.1) is 23.3 Å². The number of furan rings is 1. The molecule has 1 amide bonds. The van der Waals surface area contributed by atoms with E-state index in [1.165, 1.54) is 5.56 Å². The second-order valence-electron chi connectivity index (χ2n) is 7.01. The minimum absolute atomic E-state index is 0.117. The number of nitrogens with zero attached hydrogens (tertiary/aromatic N) is 2. The Morgan fingerprint density at radius 2 is 1.93 bits per heavy atom. The predicted octanol–water partition coefficient (Wildman–Crippen LogP) is 4.39. The lowest BCUT2D eigenvalue weighted by atomic mass is 10.2. The number of nitrogens with one attached hydrogen (secondary N) is 1. The van der Waals surface area contributed by atoms with Crippen LogP contribution in [0.5, 0.6) is 5.75 Å². The first kappa shape index (κ1) is 18.8. The highest BCUT2D eigenvalue weighted by Crippen LogP contribution is 2.19. The first-order chi connectivity index (χ1) is 14.1. The summed E-state index contributed by atoms with van der Waals surface area (Å²) in [6.07, 6.45) is 1.60. The number of carbonyl (C=O) groups excluding carboxylic acids is 1. The van der Waals surface area contributed by atoms with Crippen molar-refractivity contribution in [3.63, 3.8) is 0 Å². The molecule has 0 spiro atoms. The van der Waals surface area contributed by atoms with Crippen molar-refractivity contribution < 1.29 is 13.9 Å². The average molecular weight is 389 g/mol. The van der Waals surface area contributed by atoms with Gasteiger partial charge in [-0.3, -0.25) is 4.79 Å². The zero-order valence-electron chi connectivity index (χ0n) is 16.5. The van der Waals surface area contributed by atoms with Crippen molar-refractivity contribution in [1.29, 1.82) is 0 Å². The van der Waals surface area contributed by atoms with Crippen LogP contribution in [0.4, 0.5) is 0 Å². The third-order valence-electron chi connectivity index (χ3n) is 4.77. The Morgan fingerprint density at radius 1 is 1.14 bits per heavy atom. The van der Waals surface area contributed by atoms with Gasteiger partial charge in [-0.05, 0) is 50.2 Å². The van der Waals surface area contributed by atoms with Gasteiger partial charge in [0.15, 0.2) is 0 Å². The number of hydrogen-bond acceptors (Lipinski definition) is 4. The highest BCUT2D eigenvalue weighted by atomic mass is 16.5. The molecule has 1 N–H and O–H groups in total. The highest BCUT2D eigenvalue weighted by Gasteiger charge is 2.17. The number of fused-ring (bicyclic) bond motifs is 1. The molecule has 0 radical (unpaired) electrons. The molecule has 0 aliphatic carbocycles. The van der Waals surface area contributed by atoms with Gasteiger partial charge < -0.3 is 19.0 Å². The van der Waals surface area contributed by atoms with E-state index in [1.807, 2.05) is 79.1 Å². The second-order valence-corrected chi connectivity index (χ2v) is 7.01. The number of amides is 1. The van der Waals surface area contributed by atoms with E-state index < -0.39 is 0 Å². The molecule has 0 bridgehead atoms. The third-order valence-corrected chi connectivity index (χ3v) is 4.77. The van der Waals surface area contributed by atoms with E-state index in [2.05, 4.69) is 10.3 Å². The molecule has 6 heteroatoms. The number of para-hydroxylation sites is 2. The Labute approximate surface area is 169 Å². The lowest BCUT2D eigenvalue weighted by molar-refractivity contribution is -0.122. The van der Waals surface area contributed by atoms with Crippen LogP contribution in [-0.2, 0) is 17.9 Å². The molecule has 1 unspecified atom stereocenters. The van der Waals surface area contributed by atoms with Gasteiger partial charge in [0.1, 0.15) is 30.5 Å². The Balaban J connectivity index is 1.53. The summed E-state index contributed by atoms with van der Waals surface area (Å²) in [6, 6.07) is 19.1. The summed E-state index contributed by atoms with van der Waals surface area (Å²) in [7, 11) is 0. The van der Waals surface area contributed by atoms with Crippen molar-refractivity contribution in [3.8, 4) is 5.75 Å². The standard InChI is InChI=1S/C23H23N3O3/c1-16-9-11-18(12-10-16)29-15-22-25-19-6-3-4-7-20(19)26(22)14-23(27)24-17(2)21-8-5-13-28-21/h3-13,17H,14-15H2,1-2H3,(H,24,27). The van der Waals surface area contributed by atoms with Gasteiger partial charge in [-0.2, -0.15) is 0 Å². The van der Waals surface area contributed by atoms with Crippen LogP contribution in [0.25, 0.3) is 11.0 Å². The van der Waals surface area contributed by atoms with Gasteiger partial charge in [0.2, 0.25) is 5.91 Å². The number of ether oxygens (including phenoxy) is 1. The van der Waals surface area contributed by atoms with Crippen LogP contribution in [0.1, 0.15) is 30.1 Å². The lowest BCUT2D eigenvalue weighted by Crippen LogP contribution is -2.30. The predicted molar refractivity (Wildman–Crippen MR) is 111 cm³/mol. The molecule has 2 aromatic carbocycles. The number of aromatic nitrogens is 2. The SMILES string of the molecule is Cc1ccc(OCc2nc3ccccc3n2CC(=O)NC(C)c2ccco2)cc1. The molecule has 29 heavy (non-hydrogen) atoms. The zero-order chi connectivity index (χ0) is 20.2. The summed E-state index contributed by atoms with van der Waals surface area (Å²) in [5.74, 6) is 2.07. The average Bonchev–Trinajstić information content (AvgIpc) is 3.36. The molecule has 4 rings (SSSR count). The van der Waals surface area contributed by atoms with Crippen LogP contribution < -0.4 is 10.1 Å². The Morgan fingerprint density at radius 3 is 2.69 bits per heavy atom. The van der Waals surface area contributed by atoms with E-state index in [1.54, 1.807) is 6.26 Å². The molecule has 0 saturated heterocycles. The highest BCUT2D eigenvalue weighted by molar-refractivity contribution is 5.81. The second kappa shape index (κ2) is 8.22. The van der Waals surface area contributed by atoms with Crippen LogP contribution in [0, 0.1) is 6.92 Å². The molecule has 4 aromatic rings. The van der Waals surface area contributed by atoms with Crippen molar-refractivity contribution in [3.05, 3.63) is 84.1 Å². The van der Waals surface area contributed by atoms with Crippen LogP contribution in [-0.4, -0.2) is 15.5 Å². The van der Waals surface area contributed by atoms with Crippen molar-refractivity contribution in [1.82, 2.24) is 14.9 Å². The Hall–Kier alpha value is -3.54. The summed E-state index contributed by atoms with van der Waals surface area (Å²) >= 11 is 0. The quantitative estimate of drug-likeness (QED) is 0.509. The van der Waals surface area contributed by atoms with Gasteiger partial charge in [0.25, 0.3) is 0 Å². The van der Waals surface area contributed by atoms with Gasteiger partial charge in [-0.1, -0.05) is 29.8 Å². The van der Waals surface area contributed by atoms with Crippen molar-refractivity contribution in [2.24, 2.45) is 0 Å². The molecule has 0 aliphatic rings. The number of benzene rings is 2. The summed E-state index contributed by atoms with van der Waals surface area (Å²) in [4.78, 5) is 17.3. The van der Waals surface area contributed by atoms with Crippen LogP contribution in [0.2, 0.25) is 0 Å². The van der Waals surface area contributed by atoms with Crippen LogP contribution in [0.3, 0.4) is 0 Å².